The summed E-state index contributed by atoms with van der Waals surface area (Å²) in [5.41, 5.74) is 1.70. The predicted molar refractivity (Wildman–Crippen MR) is 90.7 cm³/mol. The molecule has 0 aliphatic carbocycles. The standard InChI is InChI=1S/C18H20ClNO2/c1-3-7-15(13-8-5-4-6-9-13)18(21)20-14-10-11-17(22-2)16(19)12-14/h4-6,8-12,15H,3,7H2,1-2H3,(H,20,21). The van der Waals surface area contributed by atoms with E-state index in [9.17, 15) is 4.79 Å². The minimum atomic E-state index is -0.160. The molecule has 0 spiro atoms. The van der Waals surface area contributed by atoms with Crippen molar-refractivity contribution < 1.29 is 9.53 Å². The summed E-state index contributed by atoms with van der Waals surface area (Å²) >= 11 is 6.09. The summed E-state index contributed by atoms with van der Waals surface area (Å²) in [4.78, 5) is 12.6. The molecule has 0 bridgehead atoms. The van der Waals surface area contributed by atoms with Gasteiger partial charge in [-0.2, -0.15) is 0 Å². The number of hydrogen-bond donors (Lipinski definition) is 1. The fourth-order valence-corrected chi connectivity index (χ4v) is 2.65. The van der Waals surface area contributed by atoms with Crippen LogP contribution in [0, 0.1) is 0 Å². The minimum Gasteiger partial charge on any atom is -0.495 e. The maximum Gasteiger partial charge on any atom is 0.231 e. The van der Waals surface area contributed by atoms with E-state index in [0.29, 0.717) is 16.5 Å². The van der Waals surface area contributed by atoms with Crippen molar-refractivity contribution in [3.05, 3.63) is 59.1 Å². The summed E-state index contributed by atoms with van der Waals surface area (Å²) in [6.45, 7) is 2.08. The Kier molecular flexibility index (Phi) is 5.84. The van der Waals surface area contributed by atoms with Gasteiger partial charge in [-0.3, -0.25) is 4.79 Å². The van der Waals surface area contributed by atoms with Gasteiger partial charge in [0.2, 0.25) is 5.91 Å². The molecule has 0 saturated carbocycles. The molecule has 1 amide bonds. The molecule has 3 nitrogen and oxygen atoms in total. The van der Waals surface area contributed by atoms with Gasteiger partial charge in [-0.15, -0.1) is 0 Å². The molecule has 0 heterocycles. The van der Waals surface area contributed by atoms with Gasteiger partial charge >= 0.3 is 0 Å². The summed E-state index contributed by atoms with van der Waals surface area (Å²) in [6, 6.07) is 15.1. The molecule has 1 N–H and O–H groups in total. The highest BCUT2D eigenvalue weighted by atomic mass is 35.5. The van der Waals surface area contributed by atoms with Crippen molar-refractivity contribution in [2.75, 3.05) is 12.4 Å². The molecule has 0 radical (unpaired) electrons. The Balaban J connectivity index is 2.16. The number of carbonyl (C=O) groups is 1. The number of anilines is 1. The number of hydrogen-bond acceptors (Lipinski definition) is 2. The topological polar surface area (TPSA) is 38.3 Å². The quantitative estimate of drug-likeness (QED) is 0.825. The fourth-order valence-electron chi connectivity index (χ4n) is 2.40. The monoisotopic (exact) mass is 317 g/mol. The summed E-state index contributed by atoms with van der Waals surface area (Å²) in [6.07, 6.45) is 1.75. The van der Waals surface area contributed by atoms with Crippen LogP contribution in [0.2, 0.25) is 5.02 Å². The van der Waals surface area contributed by atoms with Crippen molar-refractivity contribution in [2.45, 2.75) is 25.7 Å². The van der Waals surface area contributed by atoms with Crippen molar-refractivity contribution in [1.29, 1.82) is 0 Å². The molecule has 2 aromatic rings. The average Bonchev–Trinajstić information content (AvgIpc) is 2.53. The van der Waals surface area contributed by atoms with Gasteiger partial charge in [0, 0.05) is 5.69 Å². The van der Waals surface area contributed by atoms with Gasteiger partial charge in [-0.05, 0) is 30.2 Å². The smallest absolute Gasteiger partial charge is 0.231 e. The van der Waals surface area contributed by atoms with E-state index < -0.39 is 0 Å². The Morgan fingerprint density at radius 1 is 1.23 bits per heavy atom. The Labute approximate surface area is 136 Å². The lowest BCUT2D eigenvalue weighted by Gasteiger charge is -2.17. The Bertz CT molecular complexity index is 628. The summed E-state index contributed by atoms with van der Waals surface area (Å²) in [7, 11) is 1.56. The fraction of sp³-hybridized carbons (Fsp3) is 0.278. The van der Waals surface area contributed by atoms with Crippen LogP contribution in [0.5, 0.6) is 5.75 Å². The second-order valence-corrected chi connectivity index (χ2v) is 5.50. The molecule has 116 valence electrons. The van der Waals surface area contributed by atoms with E-state index in [1.807, 2.05) is 30.3 Å². The summed E-state index contributed by atoms with van der Waals surface area (Å²) in [5, 5.41) is 3.42. The molecule has 0 aromatic heterocycles. The van der Waals surface area contributed by atoms with Crippen molar-refractivity contribution in [1.82, 2.24) is 0 Å². The van der Waals surface area contributed by atoms with Crippen LogP contribution in [-0.4, -0.2) is 13.0 Å². The van der Waals surface area contributed by atoms with Crippen molar-refractivity contribution in [3.63, 3.8) is 0 Å². The molecule has 2 aromatic carbocycles. The lowest BCUT2D eigenvalue weighted by Crippen LogP contribution is -2.21. The lowest BCUT2D eigenvalue weighted by molar-refractivity contribution is -0.117. The van der Waals surface area contributed by atoms with Gasteiger partial charge in [0.15, 0.2) is 0 Å². The molecular formula is C18H20ClNO2. The first-order chi connectivity index (χ1) is 10.7. The molecule has 4 heteroatoms. The van der Waals surface area contributed by atoms with Crippen LogP contribution in [0.4, 0.5) is 5.69 Å². The van der Waals surface area contributed by atoms with Crippen LogP contribution in [0.25, 0.3) is 0 Å². The molecule has 0 aliphatic rings. The average molecular weight is 318 g/mol. The normalized spacial score (nSPS) is 11.8. The number of halogens is 1. The zero-order valence-electron chi connectivity index (χ0n) is 12.8. The van der Waals surface area contributed by atoms with Crippen LogP contribution in [0.15, 0.2) is 48.5 Å². The second-order valence-electron chi connectivity index (χ2n) is 5.09. The van der Waals surface area contributed by atoms with E-state index in [-0.39, 0.29) is 11.8 Å². The molecular weight excluding hydrogens is 298 g/mol. The number of benzene rings is 2. The Morgan fingerprint density at radius 3 is 2.55 bits per heavy atom. The van der Waals surface area contributed by atoms with Gasteiger partial charge in [0.1, 0.15) is 5.75 Å². The second kappa shape index (κ2) is 7.85. The van der Waals surface area contributed by atoms with E-state index in [2.05, 4.69) is 12.2 Å². The first kappa shape index (κ1) is 16.4. The maximum absolute atomic E-state index is 12.6. The first-order valence-corrected chi connectivity index (χ1v) is 7.72. The third kappa shape index (κ3) is 4.01. The van der Waals surface area contributed by atoms with Crippen LogP contribution in [0.3, 0.4) is 0 Å². The van der Waals surface area contributed by atoms with Gasteiger partial charge in [0.25, 0.3) is 0 Å². The molecule has 0 saturated heterocycles. The molecule has 0 aliphatic heterocycles. The minimum absolute atomic E-state index is 0.0192. The number of ether oxygens (including phenoxy) is 1. The SMILES string of the molecule is CCCC(C(=O)Nc1ccc(OC)c(Cl)c1)c1ccccc1. The highest BCUT2D eigenvalue weighted by Gasteiger charge is 2.19. The predicted octanol–water partition coefficient (Wildman–Crippen LogP) is 4.87. The lowest BCUT2D eigenvalue weighted by atomic mass is 9.93. The molecule has 2 rings (SSSR count). The highest BCUT2D eigenvalue weighted by molar-refractivity contribution is 6.32. The number of amides is 1. The Hall–Kier alpha value is -2.00. The van der Waals surface area contributed by atoms with Crippen LogP contribution < -0.4 is 10.1 Å². The van der Waals surface area contributed by atoms with Crippen molar-refractivity contribution >= 4 is 23.2 Å². The van der Waals surface area contributed by atoms with E-state index in [4.69, 9.17) is 16.3 Å². The first-order valence-electron chi connectivity index (χ1n) is 7.35. The third-order valence-electron chi connectivity index (χ3n) is 3.52. The molecule has 0 fully saturated rings. The summed E-state index contributed by atoms with van der Waals surface area (Å²) < 4.78 is 5.12. The largest absolute Gasteiger partial charge is 0.495 e. The highest BCUT2D eigenvalue weighted by Crippen LogP contribution is 2.29. The molecule has 1 atom stereocenters. The van der Waals surface area contributed by atoms with Crippen LogP contribution in [-0.2, 0) is 4.79 Å². The van der Waals surface area contributed by atoms with Crippen molar-refractivity contribution in [2.24, 2.45) is 0 Å². The van der Waals surface area contributed by atoms with E-state index >= 15 is 0 Å². The number of carbonyl (C=O) groups excluding carboxylic acids is 1. The van der Waals surface area contributed by atoms with Gasteiger partial charge < -0.3 is 10.1 Å². The van der Waals surface area contributed by atoms with Gasteiger partial charge in [-0.25, -0.2) is 0 Å². The third-order valence-corrected chi connectivity index (χ3v) is 3.81. The van der Waals surface area contributed by atoms with E-state index in [1.165, 1.54) is 0 Å². The van der Waals surface area contributed by atoms with Gasteiger partial charge in [0.05, 0.1) is 18.1 Å². The van der Waals surface area contributed by atoms with E-state index in [1.54, 1.807) is 25.3 Å². The van der Waals surface area contributed by atoms with E-state index in [0.717, 1.165) is 18.4 Å². The van der Waals surface area contributed by atoms with Gasteiger partial charge in [-0.1, -0.05) is 55.3 Å². The zero-order valence-corrected chi connectivity index (χ0v) is 13.6. The number of rotatable bonds is 6. The Morgan fingerprint density at radius 2 is 1.95 bits per heavy atom. The van der Waals surface area contributed by atoms with Crippen LogP contribution >= 0.6 is 11.6 Å². The maximum atomic E-state index is 12.6. The summed E-state index contributed by atoms with van der Waals surface area (Å²) in [5.74, 6) is 0.411. The zero-order chi connectivity index (χ0) is 15.9. The molecule has 1 unspecified atom stereocenters. The number of methoxy groups -OCH3 is 1. The van der Waals surface area contributed by atoms with Crippen LogP contribution in [0.1, 0.15) is 31.2 Å². The van der Waals surface area contributed by atoms with Crippen molar-refractivity contribution in [3.8, 4) is 5.75 Å². The number of nitrogens with one attached hydrogen (secondary N) is 1. The molecule has 22 heavy (non-hydrogen) atoms.